The highest BCUT2D eigenvalue weighted by atomic mass is 16.5. The van der Waals surface area contributed by atoms with Crippen molar-refractivity contribution in [3.63, 3.8) is 0 Å². The molecule has 0 saturated carbocycles. The van der Waals surface area contributed by atoms with E-state index in [9.17, 15) is 9.90 Å². The Bertz CT molecular complexity index is 1300. The van der Waals surface area contributed by atoms with Crippen LogP contribution in [0.1, 0.15) is 73.0 Å². The minimum absolute atomic E-state index is 0.316. The number of rotatable bonds is 7. The van der Waals surface area contributed by atoms with E-state index >= 15 is 0 Å². The fourth-order valence-electron chi connectivity index (χ4n) is 5.17. The van der Waals surface area contributed by atoms with Crippen molar-refractivity contribution in [3.05, 3.63) is 69.9 Å². The Morgan fingerprint density at radius 2 is 1.78 bits per heavy atom. The summed E-state index contributed by atoms with van der Waals surface area (Å²) in [5, 5.41) is 9.96. The maximum Gasteiger partial charge on any atom is 0.311 e. The first-order valence-corrected chi connectivity index (χ1v) is 13.2. The van der Waals surface area contributed by atoms with Crippen molar-refractivity contribution in [1.29, 1.82) is 0 Å². The Balaban J connectivity index is 1.79. The van der Waals surface area contributed by atoms with Crippen LogP contribution >= 0.6 is 0 Å². The number of nitrogens with zero attached hydrogens (tertiary/aromatic N) is 3. The Morgan fingerprint density at radius 1 is 1.08 bits per heavy atom. The number of aromatic nitrogens is 2. The van der Waals surface area contributed by atoms with Crippen molar-refractivity contribution in [2.75, 3.05) is 18.0 Å². The second kappa shape index (κ2) is 10.5. The number of hydrogen-bond donors (Lipinski definition) is 1. The summed E-state index contributed by atoms with van der Waals surface area (Å²) in [7, 11) is 0. The highest BCUT2D eigenvalue weighted by Gasteiger charge is 2.39. The number of benzene rings is 2. The van der Waals surface area contributed by atoms with Crippen molar-refractivity contribution in [2.24, 2.45) is 5.41 Å². The first kappa shape index (κ1) is 26.6. The largest absolute Gasteiger partial charge is 0.488 e. The minimum Gasteiger partial charge on any atom is -0.488 e. The molecule has 1 aromatic heterocycles. The summed E-state index contributed by atoms with van der Waals surface area (Å²) in [6, 6.07) is 12.5. The molecular weight excluding hydrogens is 462 g/mol. The Hall–Kier alpha value is -3.41. The van der Waals surface area contributed by atoms with Gasteiger partial charge in [0.15, 0.2) is 5.82 Å². The Morgan fingerprint density at radius 3 is 2.43 bits per heavy atom. The fourth-order valence-corrected chi connectivity index (χ4v) is 5.17. The molecule has 0 radical (unpaired) electrons. The zero-order chi connectivity index (χ0) is 26.9. The molecule has 196 valence electrons. The van der Waals surface area contributed by atoms with Crippen LogP contribution in [-0.4, -0.2) is 34.1 Å². The number of aryl methyl sites for hydroxylation is 4. The molecule has 0 aliphatic carbocycles. The van der Waals surface area contributed by atoms with Crippen molar-refractivity contribution in [2.45, 2.75) is 73.8 Å². The molecule has 0 amide bonds. The van der Waals surface area contributed by atoms with Gasteiger partial charge in [-0.1, -0.05) is 44.2 Å². The second-order valence-corrected chi connectivity index (χ2v) is 11.1. The summed E-state index contributed by atoms with van der Waals surface area (Å²) in [4.78, 5) is 24.3. The van der Waals surface area contributed by atoms with Gasteiger partial charge in [-0.2, -0.15) is 0 Å². The quantitative estimate of drug-likeness (QED) is 0.385. The maximum absolute atomic E-state index is 12.1. The lowest BCUT2D eigenvalue weighted by Gasteiger charge is -2.39. The third-order valence-corrected chi connectivity index (χ3v) is 7.66. The van der Waals surface area contributed by atoms with E-state index in [1.54, 1.807) is 0 Å². The van der Waals surface area contributed by atoms with Crippen molar-refractivity contribution >= 4 is 11.8 Å². The zero-order valence-corrected chi connectivity index (χ0v) is 23.2. The number of aliphatic carboxylic acids is 1. The number of carboxylic acids is 1. The molecule has 2 aromatic carbocycles. The van der Waals surface area contributed by atoms with Crippen LogP contribution in [0, 0.1) is 33.1 Å². The number of ether oxygens (including phenoxy) is 1. The monoisotopic (exact) mass is 501 g/mol. The number of carbonyl (C=O) groups is 1. The molecule has 1 saturated heterocycles. The number of carboxylic acid groups (broad SMARTS) is 1. The summed E-state index contributed by atoms with van der Waals surface area (Å²) in [5.74, 6) is 1.94. The molecule has 1 fully saturated rings. The number of piperidine rings is 1. The van der Waals surface area contributed by atoms with Gasteiger partial charge in [0.25, 0.3) is 0 Å². The molecular formula is C31H39N3O3. The molecule has 2 heterocycles. The minimum atomic E-state index is -0.823. The normalized spacial score (nSPS) is 17.8. The van der Waals surface area contributed by atoms with Gasteiger partial charge < -0.3 is 14.7 Å². The van der Waals surface area contributed by atoms with E-state index < -0.39 is 11.4 Å². The molecule has 0 unspecified atom stereocenters. The zero-order valence-electron chi connectivity index (χ0n) is 23.2. The van der Waals surface area contributed by atoms with Crippen LogP contribution in [0.5, 0.6) is 5.75 Å². The molecule has 37 heavy (non-hydrogen) atoms. The van der Waals surface area contributed by atoms with Crippen molar-refractivity contribution in [1.82, 2.24) is 9.97 Å². The Kier molecular flexibility index (Phi) is 7.58. The van der Waals surface area contributed by atoms with Crippen molar-refractivity contribution in [3.8, 4) is 17.1 Å². The van der Waals surface area contributed by atoms with Crippen molar-refractivity contribution < 1.29 is 14.6 Å². The van der Waals surface area contributed by atoms with Gasteiger partial charge >= 0.3 is 5.97 Å². The highest BCUT2D eigenvalue weighted by Crippen LogP contribution is 2.36. The van der Waals surface area contributed by atoms with Gasteiger partial charge in [0.1, 0.15) is 18.2 Å². The molecule has 1 aliphatic heterocycles. The lowest BCUT2D eigenvalue weighted by molar-refractivity contribution is -0.148. The van der Waals surface area contributed by atoms with Crippen LogP contribution < -0.4 is 9.64 Å². The summed E-state index contributed by atoms with van der Waals surface area (Å²) in [5.41, 5.74) is 6.49. The van der Waals surface area contributed by atoms with E-state index in [1.807, 2.05) is 19.9 Å². The van der Waals surface area contributed by atoms with Gasteiger partial charge in [0.05, 0.1) is 16.7 Å². The first-order valence-electron chi connectivity index (χ1n) is 13.2. The van der Waals surface area contributed by atoms with Gasteiger partial charge in [-0.05, 0) is 81.7 Å². The SMILES string of the molecule is Cc1ccc(C(C)C)cc1OCc1c(C)nc(-c2c(C)cccc2C)nc1N1CCC[C@](C)(C(=O)O)C1. The molecule has 6 heteroatoms. The molecule has 1 atom stereocenters. The van der Waals surface area contributed by atoms with E-state index in [1.165, 1.54) is 5.56 Å². The highest BCUT2D eigenvalue weighted by molar-refractivity contribution is 5.76. The third kappa shape index (κ3) is 5.48. The van der Waals surface area contributed by atoms with E-state index in [2.05, 4.69) is 69.9 Å². The second-order valence-electron chi connectivity index (χ2n) is 11.1. The lowest BCUT2D eigenvalue weighted by atomic mass is 9.82. The van der Waals surface area contributed by atoms with Crippen LogP contribution in [0.15, 0.2) is 36.4 Å². The summed E-state index contributed by atoms with van der Waals surface area (Å²) >= 11 is 0. The van der Waals surface area contributed by atoms with Crippen LogP contribution in [0.25, 0.3) is 11.4 Å². The van der Waals surface area contributed by atoms with Crippen LogP contribution in [0.2, 0.25) is 0 Å². The van der Waals surface area contributed by atoms with E-state index in [0.717, 1.165) is 58.0 Å². The van der Waals surface area contributed by atoms with Gasteiger partial charge in [-0.15, -0.1) is 0 Å². The molecule has 0 spiro atoms. The standard InChI is InChI=1S/C31H39N3O3/c1-19(2)24-13-12-20(3)26(16-24)37-17-25-23(6)32-28(27-21(4)10-8-11-22(27)5)33-29(25)34-15-9-14-31(7,18-34)30(35)36/h8,10-13,16,19H,9,14-15,17-18H2,1-7H3,(H,35,36)/t31-/m0/s1. The van der Waals surface area contributed by atoms with Crippen LogP contribution in [-0.2, 0) is 11.4 Å². The van der Waals surface area contributed by atoms with E-state index in [4.69, 9.17) is 14.7 Å². The van der Waals surface area contributed by atoms with E-state index in [-0.39, 0.29) is 0 Å². The van der Waals surface area contributed by atoms with Gasteiger partial charge in [0, 0.05) is 18.7 Å². The summed E-state index contributed by atoms with van der Waals surface area (Å²) < 4.78 is 6.40. The number of anilines is 1. The van der Waals surface area contributed by atoms with Gasteiger partial charge in [-0.25, -0.2) is 9.97 Å². The molecule has 1 N–H and O–H groups in total. The predicted molar refractivity (Wildman–Crippen MR) is 148 cm³/mol. The molecule has 6 nitrogen and oxygen atoms in total. The predicted octanol–water partition coefficient (Wildman–Crippen LogP) is 6.77. The molecule has 3 aromatic rings. The van der Waals surface area contributed by atoms with Crippen LogP contribution in [0.4, 0.5) is 5.82 Å². The third-order valence-electron chi connectivity index (χ3n) is 7.66. The summed E-state index contributed by atoms with van der Waals surface area (Å²) in [6.07, 6.45) is 1.44. The molecule has 1 aliphatic rings. The lowest BCUT2D eigenvalue weighted by Crippen LogP contribution is -2.47. The average Bonchev–Trinajstić information content (AvgIpc) is 2.83. The fraction of sp³-hybridized carbons (Fsp3) is 0.452. The Labute approximate surface area is 220 Å². The molecule has 4 rings (SSSR count). The van der Waals surface area contributed by atoms with E-state index in [0.29, 0.717) is 31.3 Å². The van der Waals surface area contributed by atoms with Gasteiger partial charge in [0.2, 0.25) is 0 Å². The first-order chi connectivity index (χ1) is 17.5. The topological polar surface area (TPSA) is 75.6 Å². The number of hydrogen-bond acceptors (Lipinski definition) is 5. The average molecular weight is 502 g/mol. The summed E-state index contributed by atoms with van der Waals surface area (Å²) in [6.45, 7) is 15.8. The molecule has 0 bridgehead atoms. The maximum atomic E-state index is 12.1. The smallest absolute Gasteiger partial charge is 0.311 e. The van der Waals surface area contributed by atoms with Crippen LogP contribution in [0.3, 0.4) is 0 Å². The van der Waals surface area contributed by atoms with Gasteiger partial charge in [-0.3, -0.25) is 4.79 Å².